The normalized spacial score (nSPS) is 25.6. The van der Waals surface area contributed by atoms with Crippen molar-refractivity contribution in [2.24, 2.45) is 5.92 Å². The number of halogens is 3. The summed E-state index contributed by atoms with van der Waals surface area (Å²) in [4.78, 5) is 5.55. The molecule has 0 radical (unpaired) electrons. The van der Waals surface area contributed by atoms with Crippen molar-refractivity contribution in [1.82, 2.24) is 10.3 Å². The molecular formula is C13H13F3N4. The highest BCUT2D eigenvalue weighted by Crippen LogP contribution is 2.35. The van der Waals surface area contributed by atoms with E-state index >= 15 is 0 Å². The molecule has 2 aliphatic rings. The lowest BCUT2D eigenvalue weighted by Crippen LogP contribution is -2.35. The highest BCUT2D eigenvalue weighted by molar-refractivity contribution is 5.56. The molecule has 1 N–H and O–H groups in total. The SMILES string of the molecule is N#Cc1ccc(C(F)(F)F)nc1N1CC[C@H]2CNC[C@H]21. The van der Waals surface area contributed by atoms with Gasteiger partial charge in [0.1, 0.15) is 17.6 Å². The zero-order valence-corrected chi connectivity index (χ0v) is 10.6. The van der Waals surface area contributed by atoms with Crippen molar-refractivity contribution in [3.63, 3.8) is 0 Å². The molecule has 3 rings (SSSR count). The van der Waals surface area contributed by atoms with E-state index in [0.717, 1.165) is 25.6 Å². The minimum absolute atomic E-state index is 0.137. The predicted molar refractivity (Wildman–Crippen MR) is 66.1 cm³/mol. The van der Waals surface area contributed by atoms with Crippen LogP contribution in [-0.2, 0) is 6.18 Å². The number of fused-ring (bicyclic) bond motifs is 1. The first kappa shape index (κ1) is 13.2. The van der Waals surface area contributed by atoms with Crippen LogP contribution in [0.1, 0.15) is 17.7 Å². The smallest absolute Gasteiger partial charge is 0.351 e. The summed E-state index contributed by atoms with van der Waals surface area (Å²) in [6.45, 7) is 2.26. The third-order valence-corrected chi connectivity index (χ3v) is 4.00. The Morgan fingerprint density at radius 3 is 2.85 bits per heavy atom. The van der Waals surface area contributed by atoms with Crippen LogP contribution in [0.3, 0.4) is 0 Å². The summed E-state index contributed by atoms with van der Waals surface area (Å²) >= 11 is 0. The Morgan fingerprint density at radius 2 is 2.15 bits per heavy atom. The number of hydrogen-bond acceptors (Lipinski definition) is 4. The van der Waals surface area contributed by atoms with Crippen molar-refractivity contribution in [2.75, 3.05) is 24.5 Å². The Bertz CT molecular complexity index is 564. The second-order valence-electron chi connectivity index (χ2n) is 5.14. The van der Waals surface area contributed by atoms with Gasteiger partial charge in [0.25, 0.3) is 0 Å². The van der Waals surface area contributed by atoms with Gasteiger partial charge < -0.3 is 10.2 Å². The van der Waals surface area contributed by atoms with Crippen LogP contribution in [0.15, 0.2) is 12.1 Å². The third-order valence-electron chi connectivity index (χ3n) is 4.00. The second-order valence-corrected chi connectivity index (χ2v) is 5.14. The quantitative estimate of drug-likeness (QED) is 0.853. The summed E-state index contributed by atoms with van der Waals surface area (Å²) in [6.07, 6.45) is -3.57. The number of pyridine rings is 1. The zero-order chi connectivity index (χ0) is 14.3. The van der Waals surface area contributed by atoms with Crippen molar-refractivity contribution in [2.45, 2.75) is 18.6 Å². The van der Waals surface area contributed by atoms with Gasteiger partial charge >= 0.3 is 6.18 Å². The largest absolute Gasteiger partial charge is 0.433 e. The van der Waals surface area contributed by atoms with E-state index in [0.29, 0.717) is 12.5 Å². The summed E-state index contributed by atoms with van der Waals surface area (Å²) in [5.74, 6) is 0.594. The molecule has 0 saturated carbocycles. The summed E-state index contributed by atoms with van der Waals surface area (Å²) in [5.41, 5.74) is -0.744. The number of nitriles is 1. The van der Waals surface area contributed by atoms with Crippen molar-refractivity contribution >= 4 is 5.82 Å². The Morgan fingerprint density at radius 1 is 1.35 bits per heavy atom. The van der Waals surface area contributed by atoms with Crippen LogP contribution in [0.5, 0.6) is 0 Å². The highest BCUT2D eigenvalue weighted by atomic mass is 19.4. The van der Waals surface area contributed by atoms with Crippen LogP contribution in [0.4, 0.5) is 19.0 Å². The van der Waals surface area contributed by atoms with E-state index in [-0.39, 0.29) is 17.4 Å². The molecule has 0 aliphatic carbocycles. The van der Waals surface area contributed by atoms with E-state index in [4.69, 9.17) is 5.26 Å². The topological polar surface area (TPSA) is 52.0 Å². The molecule has 1 aromatic rings. The standard InChI is InChI=1S/C13H13F3N4/c14-13(15,16)11-2-1-8(5-17)12(19-11)20-4-3-9-6-18-7-10(9)20/h1-2,9-10,18H,3-4,6-7H2/t9-,10+/m0/s1. The monoisotopic (exact) mass is 282 g/mol. The molecule has 2 atom stereocenters. The molecule has 1 aromatic heterocycles. The van der Waals surface area contributed by atoms with E-state index in [1.54, 1.807) is 0 Å². The first-order valence-electron chi connectivity index (χ1n) is 6.46. The van der Waals surface area contributed by atoms with Gasteiger partial charge in [-0.05, 0) is 24.5 Å². The minimum atomic E-state index is -4.49. The van der Waals surface area contributed by atoms with Gasteiger partial charge in [-0.2, -0.15) is 18.4 Å². The molecule has 2 fully saturated rings. The Kier molecular flexibility index (Phi) is 3.05. The number of rotatable bonds is 1. The summed E-state index contributed by atoms with van der Waals surface area (Å²) in [7, 11) is 0. The van der Waals surface area contributed by atoms with Crippen molar-refractivity contribution in [3.8, 4) is 6.07 Å². The molecule has 0 unspecified atom stereocenters. The summed E-state index contributed by atoms with van der Waals surface area (Å²) in [5, 5.41) is 12.3. The third kappa shape index (κ3) is 2.10. The number of anilines is 1. The lowest BCUT2D eigenvalue weighted by molar-refractivity contribution is -0.141. The highest BCUT2D eigenvalue weighted by Gasteiger charge is 2.40. The van der Waals surface area contributed by atoms with Gasteiger partial charge in [0.05, 0.1) is 5.56 Å². The molecule has 20 heavy (non-hydrogen) atoms. The lowest BCUT2D eigenvalue weighted by Gasteiger charge is -2.26. The first-order valence-corrected chi connectivity index (χ1v) is 6.46. The average Bonchev–Trinajstić information content (AvgIpc) is 2.99. The molecule has 106 valence electrons. The Hall–Kier alpha value is -1.81. The molecule has 2 aliphatic heterocycles. The lowest BCUT2D eigenvalue weighted by atomic mass is 10.1. The molecule has 0 spiro atoms. The van der Waals surface area contributed by atoms with Crippen LogP contribution in [0.2, 0.25) is 0 Å². The molecule has 2 saturated heterocycles. The van der Waals surface area contributed by atoms with Crippen molar-refractivity contribution in [1.29, 1.82) is 5.26 Å². The predicted octanol–water partition coefficient (Wildman–Crippen LogP) is 1.77. The van der Waals surface area contributed by atoms with Crippen LogP contribution >= 0.6 is 0 Å². The molecule has 0 amide bonds. The first-order chi connectivity index (χ1) is 9.50. The fourth-order valence-electron chi connectivity index (χ4n) is 3.02. The summed E-state index contributed by atoms with van der Waals surface area (Å²) < 4.78 is 38.3. The van der Waals surface area contributed by atoms with Crippen LogP contribution in [0.25, 0.3) is 0 Å². The molecule has 0 aromatic carbocycles. The van der Waals surface area contributed by atoms with Crippen LogP contribution < -0.4 is 10.2 Å². The Labute approximate surface area is 114 Å². The number of aromatic nitrogens is 1. The van der Waals surface area contributed by atoms with Gasteiger partial charge in [-0.3, -0.25) is 0 Å². The van der Waals surface area contributed by atoms with Gasteiger partial charge in [-0.15, -0.1) is 0 Å². The number of nitrogens with zero attached hydrogens (tertiary/aromatic N) is 3. The van der Waals surface area contributed by atoms with Gasteiger partial charge in [-0.25, -0.2) is 4.98 Å². The second kappa shape index (κ2) is 4.63. The van der Waals surface area contributed by atoms with E-state index < -0.39 is 11.9 Å². The van der Waals surface area contributed by atoms with Gasteiger partial charge in [-0.1, -0.05) is 0 Å². The fourth-order valence-corrected chi connectivity index (χ4v) is 3.02. The molecular weight excluding hydrogens is 269 g/mol. The van der Waals surface area contributed by atoms with Gasteiger partial charge in [0, 0.05) is 25.7 Å². The number of nitrogens with one attached hydrogen (secondary N) is 1. The van der Waals surface area contributed by atoms with E-state index in [1.807, 2.05) is 11.0 Å². The number of alkyl halides is 3. The van der Waals surface area contributed by atoms with E-state index in [2.05, 4.69) is 10.3 Å². The van der Waals surface area contributed by atoms with Crippen molar-refractivity contribution in [3.05, 3.63) is 23.4 Å². The van der Waals surface area contributed by atoms with Crippen molar-refractivity contribution < 1.29 is 13.2 Å². The van der Waals surface area contributed by atoms with Gasteiger partial charge in [0.15, 0.2) is 0 Å². The Balaban J connectivity index is 2.01. The van der Waals surface area contributed by atoms with E-state index in [1.165, 1.54) is 6.07 Å². The minimum Gasteiger partial charge on any atom is -0.351 e. The number of hydrogen-bond donors (Lipinski definition) is 1. The van der Waals surface area contributed by atoms with Crippen LogP contribution in [-0.4, -0.2) is 30.7 Å². The van der Waals surface area contributed by atoms with E-state index in [9.17, 15) is 13.2 Å². The maximum atomic E-state index is 12.8. The molecule has 3 heterocycles. The maximum Gasteiger partial charge on any atom is 0.433 e. The average molecular weight is 282 g/mol. The van der Waals surface area contributed by atoms with Crippen LogP contribution in [0, 0.1) is 17.2 Å². The molecule has 0 bridgehead atoms. The molecule has 4 nitrogen and oxygen atoms in total. The molecule has 7 heteroatoms. The summed E-state index contributed by atoms with van der Waals surface area (Å²) in [6, 6.07) is 4.15. The maximum absolute atomic E-state index is 12.8. The fraction of sp³-hybridized carbons (Fsp3) is 0.538. The zero-order valence-electron chi connectivity index (χ0n) is 10.6. The van der Waals surface area contributed by atoms with Gasteiger partial charge in [0.2, 0.25) is 0 Å².